The average Bonchev–Trinajstić information content (AvgIpc) is 3.12. The molecule has 0 radical (unpaired) electrons. The molecular formula is C23H21N3O4. The van der Waals surface area contributed by atoms with E-state index in [9.17, 15) is 14.7 Å². The second-order valence-electron chi connectivity index (χ2n) is 8.36. The Labute approximate surface area is 171 Å². The molecule has 0 fully saturated rings. The molecule has 152 valence electrons. The predicted octanol–water partition coefficient (Wildman–Crippen LogP) is 0.535. The number of aliphatic hydroxyl groups is 1. The van der Waals surface area contributed by atoms with Crippen LogP contribution in [0.25, 0.3) is 17.5 Å². The summed E-state index contributed by atoms with van der Waals surface area (Å²) in [5.74, 6) is -0.753. The lowest BCUT2D eigenvalue weighted by Gasteiger charge is -2.32. The van der Waals surface area contributed by atoms with E-state index in [0.29, 0.717) is 17.5 Å². The molecule has 0 amide bonds. The first-order valence-electron chi connectivity index (χ1n) is 10.2. The van der Waals surface area contributed by atoms with E-state index in [1.807, 2.05) is 12.1 Å². The van der Waals surface area contributed by atoms with E-state index in [0.717, 1.165) is 40.9 Å². The van der Waals surface area contributed by atoms with Crippen molar-refractivity contribution >= 4 is 29.2 Å². The number of allylic oxidation sites excluding steroid dienone is 1. The minimum Gasteiger partial charge on any atom is -0.431 e. The highest BCUT2D eigenvalue weighted by atomic mass is 16.5. The first-order chi connectivity index (χ1) is 14.4. The van der Waals surface area contributed by atoms with E-state index in [2.05, 4.69) is 11.4 Å². The van der Waals surface area contributed by atoms with Gasteiger partial charge in [0.2, 0.25) is 0 Å². The number of nitrogens with two attached hydrogens (primary N) is 1. The summed E-state index contributed by atoms with van der Waals surface area (Å²) in [6, 6.07) is 7.85. The number of pyridine rings is 1. The smallest absolute Gasteiger partial charge is 0.347 e. The third-order valence-corrected chi connectivity index (χ3v) is 6.92. The van der Waals surface area contributed by atoms with E-state index in [1.165, 1.54) is 11.8 Å². The molecule has 3 aliphatic heterocycles. The summed E-state index contributed by atoms with van der Waals surface area (Å²) in [7, 11) is 0. The Morgan fingerprint density at radius 3 is 2.97 bits per heavy atom. The van der Waals surface area contributed by atoms with Crippen molar-refractivity contribution in [3.05, 3.63) is 67.5 Å². The molecule has 0 bridgehead atoms. The Balaban J connectivity index is 1.69. The van der Waals surface area contributed by atoms with Crippen molar-refractivity contribution in [2.45, 2.75) is 44.4 Å². The van der Waals surface area contributed by atoms with Gasteiger partial charge in [-0.3, -0.25) is 4.79 Å². The first-order valence-corrected chi connectivity index (χ1v) is 10.2. The number of carbonyl (C=O) groups is 1. The third-order valence-electron chi connectivity index (χ3n) is 6.92. The van der Waals surface area contributed by atoms with Gasteiger partial charge in [0.1, 0.15) is 6.26 Å². The second kappa shape index (κ2) is 5.71. The van der Waals surface area contributed by atoms with Crippen molar-refractivity contribution in [3.8, 4) is 0 Å². The van der Waals surface area contributed by atoms with Crippen LogP contribution in [-0.4, -0.2) is 15.6 Å². The summed E-state index contributed by atoms with van der Waals surface area (Å²) in [4.78, 5) is 25.6. The summed E-state index contributed by atoms with van der Waals surface area (Å²) in [6.45, 7) is 2.14. The molecular weight excluding hydrogens is 382 g/mol. The van der Waals surface area contributed by atoms with Crippen LogP contribution in [0.3, 0.4) is 0 Å². The number of hydrogen-bond acceptors (Lipinski definition) is 6. The Bertz CT molecular complexity index is 1380. The summed E-state index contributed by atoms with van der Waals surface area (Å²) in [5.41, 5.74) is 11.0. The minimum atomic E-state index is -1.83. The van der Waals surface area contributed by atoms with E-state index < -0.39 is 11.6 Å². The maximum absolute atomic E-state index is 13.3. The number of fused-ring (bicyclic) bond motifs is 3. The van der Waals surface area contributed by atoms with Gasteiger partial charge < -0.3 is 25.5 Å². The largest absolute Gasteiger partial charge is 0.431 e. The zero-order chi connectivity index (χ0) is 20.8. The SMILES string of the molecule is CC[C@@]1(O)C(=O)OC=c2c1cc1n(c2=O)CC2=C3CCC(N)c4cccc(c43)NC=12. The predicted molar refractivity (Wildman–Crippen MR) is 111 cm³/mol. The van der Waals surface area contributed by atoms with Crippen molar-refractivity contribution in [3.63, 3.8) is 0 Å². The number of cyclic esters (lactones) is 1. The van der Waals surface area contributed by atoms with E-state index in [1.54, 1.807) is 17.6 Å². The van der Waals surface area contributed by atoms with Crippen molar-refractivity contribution in [1.29, 1.82) is 0 Å². The molecule has 1 aromatic heterocycles. The number of carbonyl (C=O) groups excluding carboxylic acids is 1. The van der Waals surface area contributed by atoms with Gasteiger partial charge in [0.15, 0.2) is 5.60 Å². The molecule has 0 saturated carbocycles. The number of aromatic nitrogens is 1. The summed E-state index contributed by atoms with van der Waals surface area (Å²) >= 11 is 0. The van der Waals surface area contributed by atoms with Gasteiger partial charge in [0, 0.05) is 28.4 Å². The number of benzene rings is 1. The fourth-order valence-corrected chi connectivity index (χ4v) is 5.25. The maximum Gasteiger partial charge on any atom is 0.347 e. The van der Waals surface area contributed by atoms with Crippen LogP contribution in [0.2, 0.25) is 0 Å². The Hall–Kier alpha value is -3.16. The topological polar surface area (TPSA) is 107 Å². The van der Waals surface area contributed by atoms with Crippen LogP contribution in [0.4, 0.5) is 5.69 Å². The van der Waals surface area contributed by atoms with Crippen LogP contribution in [-0.2, 0) is 21.7 Å². The van der Waals surface area contributed by atoms with Crippen LogP contribution in [0, 0.1) is 0 Å². The lowest BCUT2D eigenvalue weighted by Crippen LogP contribution is -2.52. The highest BCUT2D eigenvalue weighted by molar-refractivity contribution is 5.98. The highest BCUT2D eigenvalue weighted by Gasteiger charge is 2.43. The molecule has 0 spiro atoms. The van der Waals surface area contributed by atoms with Crippen LogP contribution >= 0.6 is 0 Å². The molecule has 1 unspecified atom stereocenters. The second-order valence-corrected chi connectivity index (χ2v) is 8.36. The van der Waals surface area contributed by atoms with E-state index in [-0.39, 0.29) is 23.2 Å². The molecule has 1 aliphatic carbocycles. The molecule has 4 N–H and O–H groups in total. The van der Waals surface area contributed by atoms with Crippen molar-refractivity contribution in [1.82, 2.24) is 4.57 Å². The molecule has 6 rings (SSSR count). The Kier molecular flexibility index (Phi) is 3.36. The van der Waals surface area contributed by atoms with Crippen LogP contribution in [0.1, 0.15) is 48.9 Å². The molecule has 4 heterocycles. The zero-order valence-electron chi connectivity index (χ0n) is 16.5. The fourth-order valence-electron chi connectivity index (χ4n) is 5.25. The van der Waals surface area contributed by atoms with E-state index >= 15 is 0 Å². The molecule has 30 heavy (non-hydrogen) atoms. The van der Waals surface area contributed by atoms with Crippen LogP contribution in [0.15, 0.2) is 34.6 Å². The molecule has 0 saturated heterocycles. The van der Waals surface area contributed by atoms with Gasteiger partial charge in [-0.15, -0.1) is 0 Å². The molecule has 2 atom stereocenters. The quantitative estimate of drug-likeness (QED) is 0.600. The number of nitrogens with zero attached hydrogens (tertiary/aromatic N) is 1. The molecule has 1 aromatic carbocycles. The monoisotopic (exact) mass is 403 g/mol. The fraction of sp³-hybridized carbons (Fsp3) is 0.304. The van der Waals surface area contributed by atoms with Gasteiger partial charge in [-0.05, 0) is 42.5 Å². The van der Waals surface area contributed by atoms with Gasteiger partial charge in [0.25, 0.3) is 5.56 Å². The molecule has 7 nitrogen and oxygen atoms in total. The standard InChI is InChI=1S/C23H21N3O4/c1-2-23(29)15-8-18-20-13(9-26(18)21(27)14(15)10-30-22(23)28)11-6-7-16(24)12-4-3-5-17(25-20)19(11)12/h3-5,8,10,16,25,29H,2,6-7,9,24H2,1H3/t16?,23-/m0/s1. The maximum atomic E-state index is 13.3. The third kappa shape index (κ3) is 2.01. The number of rotatable bonds is 1. The number of anilines is 1. The lowest BCUT2D eigenvalue weighted by atomic mass is 9.79. The Morgan fingerprint density at radius 2 is 2.17 bits per heavy atom. The van der Waals surface area contributed by atoms with Crippen molar-refractivity contribution in [2.24, 2.45) is 5.73 Å². The van der Waals surface area contributed by atoms with Gasteiger partial charge in [-0.25, -0.2) is 4.79 Å². The minimum absolute atomic E-state index is 0.00350. The summed E-state index contributed by atoms with van der Waals surface area (Å²) < 4.78 is 6.71. The van der Waals surface area contributed by atoms with Crippen molar-refractivity contribution < 1.29 is 14.6 Å². The normalized spacial score (nSPS) is 25.5. The van der Waals surface area contributed by atoms with Gasteiger partial charge in [0.05, 0.1) is 22.8 Å². The van der Waals surface area contributed by atoms with Gasteiger partial charge in [-0.1, -0.05) is 19.1 Å². The Morgan fingerprint density at radius 1 is 1.33 bits per heavy atom. The number of hydrogen-bond donors (Lipinski definition) is 3. The summed E-state index contributed by atoms with van der Waals surface area (Å²) in [5, 5.41) is 15.4. The summed E-state index contributed by atoms with van der Waals surface area (Å²) in [6.07, 6.45) is 2.99. The molecule has 2 aromatic rings. The van der Waals surface area contributed by atoms with Crippen molar-refractivity contribution in [2.75, 3.05) is 5.32 Å². The number of ether oxygens (including phenoxy) is 1. The van der Waals surface area contributed by atoms with Crippen LogP contribution < -0.4 is 27.2 Å². The highest BCUT2D eigenvalue weighted by Crippen LogP contribution is 2.47. The van der Waals surface area contributed by atoms with Crippen LogP contribution in [0.5, 0.6) is 0 Å². The van der Waals surface area contributed by atoms with Gasteiger partial charge in [-0.2, -0.15) is 0 Å². The lowest BCUT2D eigenvalue weighted by molar-refractivity contribution is -0.160. The average molecular weight is 403 g/mol. The first kappa shape index (κ1) is 17.7. The molecule has 4 aliphatic rings. The van der Waals surface area contributed by atoms with E-state index in [4.69, 9.17) is 10.5 Å². The number of esters is 1. The zero-order valence-corrected chi connectivity index (χ0v) is 16.5. The number of nitrogens with one attached hydrogen (secondary N) is 1. The molecule has 7 heteroatoms. The van der Waals surface area contributed by atoms with Gasteiger partial charge >= 0.3 is 5.97 Å².